The molecule has 0 saturated carbocycles. The first-order chi connectivity index (χ1) is 8.47. The fourth-order valence-electron chi connectivity index (χ4n) is 1.45. The van der Waals surface area contributed by atoms with E-state index in [0.29, 0.717) is 11.3 Å². The standard InChI is InChI=1S/C12H12N2O3S/c1-18(16,17)11-4-2-10(3-5-11)14-12(15)9-6-7-13-8-9/h2-8,13H,1H3,(H,14,15). The molecule has 1 aromatic heterocycles. The minimum absolute atomic E-state index is 0.224. The number of H-pyrrole nitrogens is 1. The summed E-state index contributed by atoms with van der Waals surface area (Å²) in [6.07, 6.45) is 4.38. The first-order valence-electron chi connectivity index (χ1n) is 5.21. The number of rotatable bonds is 3. The molecule has 0 aliphatic rings. The molecule has 6 heteroatoms. The molecular weight excluding hydrogens is 252 g/mol. The molecule has 18 heavy (non-hydrogen) atoms. The summed E-state index contributed by atoms with van der Waals surface area (Å²) >= 11 is 0. The molecule has 0 spiro atoms. The van der Waals surface area contributed by atoms with Gasteiger partial charge in [-0.3, -0.25) is 4.79 Å². The Morgan fingerprint density at radius 2 is 1.83 bits per heavy atom. The highest BCUT2D eigenvalue weighted by molar-refractivity contribution is 7.90. The predicted octanol–water partition coefficient (Wildman–Crippen LogP) is 1.67. The molecule has 0 aliphatic heterocycles. The minimum Gasteiger partial charge on any atom is -0.367 e. The molecule has 0 atom stereocenters. The van der Waals surface area contributed by atoms with Crippen molar-refractivity contribution in [2.75, 3.05) is 11.6 Å². The fraction of sp³-hybridized carbons (Fsp3) is 0.0833. The van der Waals surface area contributed by atoms with Crippen LogP contribution < -0.4 is 5.32 Å². The molecule has 0 fully saturated rings. The maximum Gasteiger partial charge on any atom is 0.257 e. The summed E-state index contributed by atoms with van der Waals surface area (Å²) in [7, 11) is -3.21. The number of sulfone groups is 1. The second-order valence-electron chi connectivity index (χ2n) is 3.85. The van der Waals surface area contributed by atoms with Crippen molar-refractivity contribution >= 4 is 21.4 Å². The highest BCUT2D eigenvalue weighted by Gasteiger charge is 2.08. The lowest BCUT2D eigenvalue weighted by molar-refractivity contribution is 0.102. The number of aromatic amines is 1. The summed E-state index contributed by atoms with van der Waals surface area (Å²) in [4.78, 5) is 14.7. The van der Waals surface area contributed by atoms with Crippen molar-refractivity contribution in [1.29, 1.82) is 0 Å². The van der Waals surface area contributed by atoms with E-state index in [0.717, 1.165) is 6.26 Å². The SMILES string of the molecule is CS(=O)(=O)c1ccc(NC(=O)c2cc[nH]c2)cc1. The number of benzene rings is 1. The summed E-state index contributed by atoms with van der Waals surface area (Å²) in [6, 6.07) is 7.69. The Bertz CT molecular complexity index is 643. The Morgan fingerprint density at radius 3 is 2.33 bits per heavy atom. The van der Waals surface area contributed by atoms with Crippen LogP contribution in [-0.2, 0) is 9.84 Å². The zero-order valence-corrected chi connectivity index (χ0v) is 10.5. The number of nitrogens with one attached hydrogen (secondary N) is 2. The summed E-state index contributed by atoms with van der Waals surface area (Å²) in [5.74, 6) is -0.247. The van der Waals surface area contributed by atoms with Gasteiger partial charge in [0.2, 0.25) is 0 Å². The van der Waals surface area contributed by atoms with E-state index in [4.69, 9.17) is 0 Å². The molecule has 0 bridgehead atoms. The Kier molecular flexibility index (Phi) is 3.20. The van der Waals surface area contributed by atoms with Gasteiger partial charge in [-0.2, -0.15) is 0 Å². The maximum absolute atomic E-state index is 11.7. The monoisotopic (exact) mass is 264 g/mol. The third kappa shape index (κ3) is 2.78. The molecule has 2 aromatic rings. The van der Waals surface area contributed by atoms with Crippen LogP contribution in [0.3, 0.4) is 0 Å². The van der Waals surface area contributed by atoms with Gasteiger partial charge in [0, 0.05) is 24.3 Å². The number of hydrogen-bond donors (Lipinski definition) is 2. The van der Waals surface area contributed by atoms with E-state index in [9.17, 15) is 13.2 Å². The van der Waals surface area contributed by atoms with E-state index in [-0.39, 0.29) is 10.8 Å². The lowest BCUT2D eigenvalue weighted by Crippen LogP contribution is -2.10. The van der Waals surface area contributed by atoms with Crippen LogP contribution in [-0.4, -0.2) is 25.6 Å². The molecular formula is C12H12N2O3S. The van der Waals surface area contributed by atoms with Gasteiger partial charge in [-0.05, 0) is 30.3 Å². The van der Waals surface area contributed by atoms with Gasteiger partial charge in [-0.15, -0.1) is 0 Å². The Labute approximate surface area is 105 Å². The molecule has 0 unspecified atom stereocenters. The first kappa shape index (κ1) is 12.4. The number of carbonyl (C=O) groups is 1. The maximum atomic E-state index is 11.7. The van der Waals surface area contributed by atoms with Crippen LogP contribution in [0.1, 0.15) is 10.4 Å². The van der Waals surface area contributed by atoms with Gasteiger partial charge in [0.25, 0.3) is 5.91 Å². The lowest BCUT2D eigenvalue weighted by Gasteiger charge is -2.04. The Hall–Kier alpha value is -2.08. The molecule has 0 saturated heterocycles. The van der Waals surface area contributed by atoms with E-state index in [1.54, 1.807) is 30.6 Å². The smallest absolute Gasteiger partial charge is 0.257 e. The average Bonchev–Trinajstić information content (AvgIpc) is 2.82. The number of aromatic nitrogens is 1. The van der Waals surface area contributed by atoms with Gasteiger partial charge >= 0.3 is 0 Å². The summed E-state index contributed by atoms with van der Waals surface area (Å²) in [5, 5.41) is 2.67. The largest absolute Gasteiger partial charge is 0.367 e. The average molecular weight is 264 g/mol. The molecule has 5 nitrogen and oxygen atoms in total. The highest BCUT2D eigenvalue weighted by atomic mass is 32.2. The zero-order valence-electron chi connectivity index (χ0n) is 9.67. The van der Waals surface area contributed by atoms with Crippen molar-refractivity contribution in [3.05, 3.63) is 48.3 Å². The van der Waals surface area contributed by atoms with Crippen molar-refractivity contribution in [3.63, 3.8) is 0 Å². The molecule has 1 heterocycles. The Balaban J connectivity index is 2.14. The third-order valence-electron chi connectivity index (χ3n) is 2.40. The molecule has 94 valence electrons. The van der Waals surface area contributed by atoms with Gasteiger partial charge in [0.1, 0.15) is 0 Å². The van der Waals surface area contributed by atoms with Crippen molar-refractivity contribution < 1.29 is 13.2 Å². The molecule has 0 radical (unpaired) electrons. The Morgan fingerprint density at radius 1 is 1.17 bits per heavy atom. The van der Waals surface area contributed by atoms with E-state index in [1.807, 2.05) is 0 Å². The van der Waals surface area contributed by atoms with Gasteiger partial charge in [-0.25, -0.2) is 8.42 Å². The second kappa shape index (κ2) is 4.66. The van der Waals surface area contributed by atoms with Gasteiger partial charge in [0.05, 0.1) is 10.5 Å². The van der Waals surface area contributed by atoms with Gasteiger partial charge in [-0.1, -0.05) is 0 Å². The van der Waals surface area contributed by atoms with Crippen LogP contribution in [0.4, 0.5) is 5.69 Å². The van der Waals surface area contributed by atoms with Crippen molar-refractivity contribution in [2.24, 2.45) is 0 Å². The molecule has 1 aromatic carbocycles. The van der Waals surface area contributed by atoms with Crippen LogP contribution in [0.5, 0.6) is 0 Å². The van der Waals surface area contributed by atoms with Crippen molar-refractivity contribution in [3.8, 4) is 0 Å². The quantitative estimate of drug-likeness (QED) is 0.885. The van der Waals surface area contributed by atoms with E-state index in [2.05, 4.69) is 10.3 Å². The van der Waals surface area contributed by atoms with Crippen molar-refractivity contribution in [2.45, 2.75) is 4.90 Å². The first-order valence-corrected chi connectivity index (χ1v) is 7.10. The van der Waals surface area contributed by atoms with E-state index < -0.39 is 9.84 Å². The normalized spacial score (nSPS) is 11.2. The summed E-state index contributed by atoms with van der Waals surface area (Å²) in [5.41, 5.74) is 1.07. The van der Waals surface area contributed by atoms with Gasteiger partial charge < -0.3 is 10.3 Å². The topological polar surface area (TPSA) is 79.0 Å². The number of amides is 1. The van der Waals surface area contributed by atoms with Crippen LogP contribution in [0.15, 0.2) is 47.6 Å². The molecule has 2 rings (SSSR count). The predicted molar refractivity (Wildman–Crippen MR) is 68.3 cm³/mol. The third-order valence-corrected chi connectivity index (χ3v) is 3.53. The van der Waals surface area contributed by atoms with Crippen LogP contribution in [0.2, 0.25) is 0 Å². The number of hydrogen-bond acceptors (Lipinski definition) is 3. The number of carbonyl (C=O) groups excluding carboxylic acids is 1. The van der Waals surface area contributed by atoms with Crippen LogP contribution in [0, 0.1) is 0 Å². The number of anilines is 1. The van der Waals surface area contributed by atoms with Crippen molar-refractivity contribution in [1.82, 2.24) is 4.98 Å². The fourth-order valence-corrected chi connectivity index (χ4v) is 2.08. The molecule has 0 aliphatic carbocycles. The summed E-state index contributed by atoms with van der Waals surface area (Å²) < 4.78 is 22.5. The highest BCUT2D eigenvalue weighted by Crippen LogP contribution is 2.14. The minimum atomic E-state index is -3.21. The van der Waals surface area contributed by atoms with E-state index in [1.165, 1.54) is 12.1 Å². The summed E-state index contributed by atoms with van der Waals surface area (Å²) in [6.45, 7) is 0. The lowest BCUT2D eigenvalue weighted by atomic mass is 10.3. The van der Waals surface area contributed by atoms with Gasteiger partial charge in [0.15, 0.2) is 9.84 Å². The second-order valence-corrected chi connectivity index (χ2v) is 5.87. The molecule has 2 N–H and O–H groups in total. The van der Waals surface area contributed by atoms with Crippen LogP contribution in [0.25, 0.3) is 0 Å². The van der Waals surface area contributed by atoms with E-state index >= 15 is 0 Å². The molecule has 1 amide bonds. The zero-order chi connectivity index (χ0) is 13.2. The van der Waals surface area contributed by atoms with Crippen LogP contribution >= 0.6 is 0 Å².